The normalized spacial score (nSPS) is 11.9. The number of hydrogen-bond donors (Lipinski definition) is 3. The van der Waals surface area contributed by atoms with Crippen molar-refractivity contribution < 1.29 is 9.90 Å². The largest absolute Gasteiger partial charge is 0.392 e. The van der Waals surface area contributed by atoms with Crippen LogP contribution in [0.3, 0.4) is 0 Å². The predicted molar refractivity (Wildman–Crippen MR) is 82.3 cm³/mol. The van der Waals surface area contributed by atoms with Crippen LogP contribution >= 0.6 is 0 Å². The molecule has 2 aromatic carbocycles. The lowest BCUT2D eigenvalue weighted by atomic mass is 10.1. The Hall–Kier alpha value is -2.17. The van der Waals surface area contributed by atoms with Crippen LogP contribution in [0, 0.1) is 0 Å². The molecule has 0 fully saturated rings. The van der Waals surface area contributed by atoms with E-state index in [1.54, 1.807) is 0 Å². The second-order valence-electron chi connectivity index (χ2n) is 4.99. The minimum Gasteiger partial charge on any atom is -0.392 e. The molecule has 4 N–H and O–H groups in total. The zero-order valence-electron chi connectivity index (χ0n) is 11.8. The van der Waals surface area contributed by atoms with Crippen LogP contribution in [0.1, 0.15) is 16.7 Å². The summed E-state index contributed by atoms with van der Waals surface area (Å²) in [5.41, 5.74) is 8.79. The van der Waals surface area contributed by atoms with E-state index < -0.39 is 6.04 Å². The molecule has 0 bridgehead atoms. The van der Waals surface area contributed by atoms with Crippen LogP contribution in [0.4, 0.5) is 0 Å². The molecular formula is C17H20N2O2. The fourth-order valence-corrected chi connectivity index (χ4v) is 2.04. The number of carbonyl (C=O) groups excluding carboxylic acids is 1. The molecule has 0 heterocycles. The maximum Gasteiger partial charge on any atom is 0.237 e. The van der Waals surface area contributed by atoms with Crippen LogP contribution in [0.15, 0.2) is 54.6 Å². The lowest BCUT2D eigenvalue weighted by Crippen LogP contribution is -2.41. The molecule has 21 heavy (non-hydrogen) atoms. The first-order valence-electron chi connectivity index (χ1n) is 6.95. The molecule has 0 saturated carbocycles. The molecule has 0 unspecified atom stereocenters. The number of aliphatic hydroxyl groups is 1. The number of aliphatic hydroxyl groups excluding tert-OH is 1. The first-order valence-corrected chi connectivity index (χ1v) is 6.95. The van der Waals surface area contributed by atoms with Crippen molar-refractivity contribution in [2.45, 2.75) is 25.6 Å². The molecule has 0 spiro atoms. The van der Waals surface area contributed by atoms with E-state index in [2.05, 4.69) is 5.32 Å². The smallest absolute Gasteiger partial charge is 0.237 e. The second-order valence-corrected chi connectivity index (χ2v) is 4.99. The predicted octanol–water partition coefficient (Wildman–Crippen LogP) is 1.37. The van der Waals surface area contributed by atoms with Crippen molar-refractivity contribution in [3.63, 3.8) is 0 Å². The SMILES string of the molecule is N[C@@H](Cc1ccccc1)C(=O)NCc1ccc(CO)cc1. The zero-order chi connectivity index (χ0) is 15.1. The Morgan fingerprint density at radius 2 is 1.62 bits per heavy atom. The van der Waals surface area contributed by atoms with Gasteiger partial charge in [0.2, 0.25) is 5.91 Å². The lowest BCUT2D eigenvalue weighted by molar-refractivity contribution is -0.122. The Labute approximate surface area is 124 Å². The van der Waals surface area contributed by atoms with E-state index in [-0.39, 0.29) is 12.5 Å². The molecule has 0 aromatic heterocycles. The summed E-state index contributed by atoms with van der Waals surface area (Å²) >= 11 is 0. The molecule has 1 atom stereocenters. The van der Waals surface area contributed by atoms with Gasteiger partial charge in [-0.15, -0.1) is 0 Å². The minimum atomic E-state index is -0.552. The number of hydrogen-bond acceptors (Lipinski definition) is 3. The van der Waals surface area contributed by atoms with Crippen LogP contribution in [0.2, 0.25) is 0 Å². The summed E-state index contributed by atoms with van der Waals surface area (Å²) in [6.45, 7) is 0.460. The summed E-state index contributed by atoms with van der Waals surface area (Å²) < 4.78 is 0. The summed E-state index contributed by atoms with van der Waals surface area (Å²) in [7, 11) is 0. The molecule has 0 aliphatic carbocycles. The molecule has 0 aliphatic heterocycles. The number of amides is 1. The molecule has 2 rings (SSSR count). The minimum absolute atomic E-state index is 0.0224. The van der Waals surface area contributed by atoms with Crippen LogP contribution in [0.5, 0.6) is 0 Å². The Kier molecular flexibility index (Phi) is 5.49. The zero-order valence-corrected chi connectivity index (χ0v) is 11.8. The van der Waals surface area contributed by atoms with E-state index in [4.69, 9.17) is 10.8 Å². The van der Waals surface area contributed by atoms with Gasteiger partial charge in [0.1, 0.15) is 0 Å². The molecular weight excluding hydrogens is 264 g/mol. The van der Waals surface area contributed by atoms with E-state index >= 15 is 0 Å². The van der Waals surface area contributed by atoms with Gasteiger partial charge in [-0.3, -0.25) is 4.79 Å². The molecule has 0 aliphatic rings. The van der Waals surface area contributed by atoms with Gasteiger partial charge in [0.15, 0.2) is 0 Å². The van der Waals surface area contributed by atoms with Gasteiger partial charge in [-0.05, 0) is 23.1 Å². The summed E-state index contributed by atoms with van der Waals surface area (Å²) in [5.74, 6) is -0.162. The van der Waals surface area contributed by atoms with Crippen molar-refractivity contribution in [1.29, 1.82) is 0 Å². The highest BCUT2D eigenvalue weighted by atomic mass is 16.3. The summed E-state index contributed by atoms with van der Waals surface area (Å²) in [5, 5.41) is 11.8. The number of nitrogens with two attached hydrogens (primary N) is 1. The van der Waals surface area contributed by atoms with Crippen LogP contribution < -0.4 is 11.1 Å². The summed E-state index contributed by atoms with van der Waals surface area (Å²) in [6.07, 6.45) is 0.524. The van der Waals surface area contributed by atoms with Gasteiger partial charge in [-0.1, -0.05) is 54.6 Å². The van der Waals surface area contributed by atoms with E-state index in [9.17, 15) is 4.79 Å². The van der Waals surface area contributed by atoms with Gasteiger partial charge >= 0.3 is 0 Å². The molecule has 1 amide bonds. The van der Waals surface area contributed by atoms with Crippen molar-refractivity contribution in [1.82, 2.24) is 5.32 Å². The van der Waals surface area contributed by atoms with E-state index in [0.717, 1.165) is 16.7 Å². The monoisotopic (exact) mass is 284 g/mol. The summed E-state index contributed by atoms with van der Waals surface area (Å²) in [4.78, 5) is 12.0. The Morgan fingerprint density at radius 1 is 1.00 bits per heavy atom. The standard InChI is InChI=1S/C17H20N2O2/c18-16(10-13-4-2-1-3-5-13)17(21)19-11-14-6-8-15(12-20)9-7-14/h1-9,16,20H,10-12,18H2,(H,19,21)/t16-/m0/s1. The number of rotatable bonds is 6. The van der Waals surface area contributed by atoms with E-state index in [0.29, 0.717) is 13.0 Å². The average molecular weight is 284 g/mol. The Morgan fingerprint density at radius 3 is 2.24 bits per heavy atom. The van der Waals surface area contributed by atoms with Gasteiger partial charge < -0.3 is 16.2 Å². The van der Waals surface area contributed by atoms with Gasteiger partial charge in [0.05, 0.1) is 12.6 Å². The van der Waals surface area contributed by atoms with Gasteiger partial charge in [-0.25, -0.2) is 0 Å². The highest BCUT2D eigenvalue weighted by Crippen LogP contribution is 2.05. The highest BCUT2D eigenvalue weighted by Gasteiger charge is 2.13. The van der Waals surface area contributed by atoms with Crippen molar-refractivity contribution in [2.75, 3.05) is 0 Å². The molecule has 4 heteroatoms. The van der Waals surface area contributed by atoms with Crippen molar-refractivity contribution >= 4 is 5.91 Å². The molecule has 0 radical (unpaired) electrons. The van der Waals surface area contributed by atoms with Crippen molar-refractivity contribution in [3.05, 3.63) is 71.3 Å². The number of nitrogens with one attached hydrogen (secondary N) is 1. The highest BCUT2D eigenvalue weighted by molar-refractivity contribution is 5.81. The van der Waals surface area contributed by atoms with Gasteiger partial charge in [0.25, 0.3) is 0 Å². The third-order valence-electron chi connectivity index (χ3n) is 3.31. The number of benzene rings is 2. The van der Waals surface area contributed by atoms with Crippen LogP contribution in [-0.4, -0.2) is 17.1 Å². The molecule has 0 saturated heterocycles. The summed E-state index contributed by atoms with van der Waals surface area (Å²) in [6, 6.07) is 16.6. The Balaban J connectivity index is 1.83. The van der Waals surface area contributed by atoms with E-state index in [1.807, 2.05) is 54.6 Å². The molecule has 2 aromatic rings. The number of carbonyl (C=O) groups is 1. The van der Waals surface area contributed by atoms with Gasteiger partial charge in [-0.2, -0.15) is 0 Å². The first kappa shape index (κ1) is 15.2. The fraction of sp³-hybridized carbons (Fsp3) is 0.235. The maximum atomic E-state index is 12.0. The van der Waals surface area contributed by atoms with Gasteiger partial charge in [0, 0.05) is 6.54 Å². The average Bonchev–Trinajstić information content (AvgIpc) is 2.54. The Bertz CT molecular complexity index is 567. The lowest BCUT2D eigenvalue weighted by Gasteiger charge is -2.12. The maximum absolute atomic E-state index is 12.0. The quantitative estimate of drug-likeness (QED) is 0.750. The van der Waals surface area contributed by atoms with Crippen LogP contribution in [0.25, 0.3) is 0 Å². The third kappa shape index (κ3) is 4.70. The molecule has 110 valence electrons. The van der Waals surface area contributed by atoms with Crippen molar-refractivity contribution in [2.24, 2.45) is 5.73 Å². The molecule has 4 nitrogen and oxygen atoms in total. The topological polar surface area (TPSA) is 75.4 Å². The fourth-order valence-electron chi connectivity index (χ4n) is 2.04. The first-order chi connectivity index (χ1) is 10.2. The third-order valence-corrected chi connectivity index (χ3v) is 3.31. The van der Waals surface area contributed by atoms with E-state index in [1.165, 1.54) is 0 Å². The van der Waals surface area contributed by atoms with Crippen molar-refractivity contribution in [3.8, 4) is 0 Å². The van der Waals surface area contributed by atoms with Crippen LogP contribution in [-0.2, 0) is 24.4 Å². The second kappa shape index (κ2) is 7.57.